The minimum atomic E-state index is -0.357. The van der Waals surface area contributed by atoms with Crippen LogP contribution >= 0.6 is 24.8 Å². The van der Waals surface area contributed by atoms with Crippen molar-refractivity contribution in [2.75, 3.05) is 32.7 Å². The molecule has 4 nitrogen and oxygen atoms in total. The van der Waals surface area contributed by atoms with Crippen LogP contribution in [0.4, 0.5) is 0 Å². The molecule has 2 N–H and O–H groups in total. The van der Waals surface area contributed by atoms with E-state index in [1.54, 1.807) is 0 Å². The summed E-state index contributed by atoms with van der Waals surface area (Å²) in [5.41, 5.74) is 7.33. The molecule has 2 saturated heterocycles. The number of hydrogen-bond acceptors (Lipinski definition) is 3. The number of amides is 1. The lowest BCUT2D eigenvalue weighted by Crippen LogP contribution is -2.49. The fraction of sp³-hybridized carbons (Fsp3) is 0.682. The maximum Gasteiger partial charge on any atom is 0.230 e. The van der Waals surface area contributed by atoms with Crippen LogP contribution in [0.5, 0.6) is 0 Å². The number of rotatable bonds is 6. The standard InChI is InChI=1S/C22H35N3O.2ClH/c1-3-22(4-2,16-23)20(26)25-14-12-21(18-25)11-8-13-24(17-21)15-19-9-6-5-7-10-19;;/h5-7,9-10H,3-4,8,11-18,23H2,1-2H3;2*1H. The summed E-state index contributed by atoms with van der Waals surface area (Å²) in [6, 6.07) is 10.7. The topological polar surface area (TPSA) is 49.6 Å². The van der Waals surface area contributed by atoms with Crippen molar-refractivity contribution < 1.29 is 4.79 Å². The van der Waals surface area contributed by atoms with Gasteiger partial charge in [0.25, 0.3) is 0 Å². The average Bonchev–Trinajstić information content (AvgIpc) is 3.07. The van der Waals surface area contributed by atoms with Crippen molar-refractivity contribution in [2.24, 2.45) is 16.6 Å². The van der Waals surface area contributed by atoms with E-state index in [9.17, 15) is 4.79 Å². The number of benzene rings is 1. The lowest BCUT2D eigenvalue weighted by atomic mass is 9.78. The fourth-order valence-corrected chi connectivity index (χ4v) is 4.99. The van der Waals surface area contributed by atoms with Crippen LogP contribution in [0.1, 0.15) is 51.5 Å². The molecular weight excluding hydrogens is 393 g/mol. The highest BCUT2D eigenvalue weighted by atomic mass is 35.5. The SMILES string of the molecule is CCC(CC)(CN)C(=O)N1CCC2(CCCN(Cc3ccccc3)C2)C1.Cl.Cl. The Hall–Kier alpha value is -0.810. The Morgan fingerprint density at radius 1 is 1.07 bits per heavy atom. The summed E-state index contributed by atoms with van der Waals surface area (Å²) in [5.74, 6) is 0.294. The molecule has 0 aromatic heterocycles. The molecule has 1 aromatic carbocycles. The van der Waals surface area contributed by atoms with E-state index in [0.717, 1.165) is 45.4 Å². The highest BCUT2D eigenvalue weighted by Crippen LogP contribution is 2.41. The molecule has 0 aliphatic carbocycles. The molecule has 0 bridgehead atoms. The molecule has 160 valence electrons. The van der Waals surface area contributed by atoms with E-state index >= 15 is 0 Å². The van der Waals surface area contributed by atoms with Crippen LogP contribution in [0.3, 0.4) is 0 Å². The third-order valence-corrected chi connectivity index (χ3v) is 6.91. The molecule has 0 saturated carbocycles. The zero-order valence-electron chi connectivity index (χ0n) is 17.4. The Bertz CT molecular complexity index is 601. The van der Waals surface area contributed by atoms with Crippen molar-refractivity contribution in [3.63, 3.8) is 0 Å². The van der Waals surface area contributed by atoms with E-state index < -0.39 is 0 Å². The summed E-state index contributed by atoms with van der Waals surface area (Å²) in [5, 5.41) is 0. The van der Waals surface area contributed by atoms with Crippen LogP contribution < -0.4 is 5.73 Å². The van der Waals surface area contributed by atoms with Crippen LogP contribution in [0.15, 0.2) is 30.3 Å². The van der Waals surface area contributed by atoms with Crippen molar-refractivity contribution >= 4 is 30.7 Å². The minimum Gasteiger partial charge on any atom is -0.342 e. The number of hydrogen-bond donors (Lipinski definition) is 1. The lowest BCUT2D eigenvalue weighted by molar-refractivity contribution is -0.141. The highest BCUT2D eigenvalue weighted by molar-refractivity contribution is 5.85. The second-order valence-corrected chi connectivity index (χ2v) is 8.47. The number of carbonyl (C=O) groups is 1. The maximum absolute atomic E-state index is 13.2. The van der Waals surface area contributed by atoms with Gasteiger partial charge in [0.2, 0.25) is 5.91 Å². The van der Waals surface area contributed by atoms with Gasteiger partial charge in [0, 0.05) is 38.1 Å². The van der Waals surface area contributed by atoms with Gasteiger partial charge in [-0.05, 0) is 44.2 Å². The van der Waals surface area contributed by atoms with Gasteiger partial charge in [-0.3, -0.25) is 9.69 Å². The number of nitrogens with two attached hydrogens (primary N) is 1. The number of halogens is 2. The van der Waals surface area contributed by atoms with Gasteiger partial charge in [0.1, 0.15) is 0 Å². The molecule has 2 aliphatic rings. The van der Waals surface area contributed by atoms with Crippen molar-refractivity contribution in [1.82, 2.24) is 9.80 Å². The number of likely N-dealkylation sites (tertiary alicyclic amines) is 2. The number of piperidine rings is 1. The molecule has 2 aliphatic heterocycles. The molecule has 28 heavy (non-hydrogen) atoms. The molecule has 1 unspecified atom stereocenters. The third kappa shape index (κ3) is 5.21. The summed E-state index contributed by atoms with van der Waals surface area (Å²) in [6.45, 7) is 9.78. The third-order valence-electron chi connectivity index (χ3n) is 6.91. The summed E-state index contributed by atoms with van der Waals surface area (Å²) in [7, 11) is 0. The van der Waals surface area contributed by atoms with Crippen molar-refractivity contribution in [2.45, 2.75) is 52.5 Å². The van der Waals surface area contributed by atoms with E-state index in [-0.39, 0.29) is 35.6 Å². The largest absolute Gasteiger partial charge is 0.342 e. The Morgan fingerprint density at radius 2 is 1.75 bits per heavy atom. The first kappa shape index (κ1) is 25.2. The summed E-state index contributed by atoms with van der Waals surface area (Å²) >= 11 is 0. The van der Waals surface area contributed by atoms with E-state index in [1.165, 1.54) is 24.9 Å². The number of carbonyl (C=O) groups excluding carboxylic acids is 1. The molecule has 1 spiro atoms. The number of nitrogens with zero attached hydrogens (tertiary/aromatic N) is 2. The van der Waals surface area contributed by atoms with Crippen molar-refractivity contribution in [3.8, 4) is 0 Å². The van der Waals surface area contributed by atoms with E-state index in [1.807, 2.05) is 0 Å². The van der Waals surface area contributed by atoms with Gasteiger partial charge in [-0.15, -0.1) is 24.8 Å². The second kappa shape index (κ2) is 10.8. The normalized spacial score (nSPS) is 22.6. The molecule has 0 radical (unpaired) electrons. The van der Waals surface area contributed by atoms with Gasteiger partial charge >= 0.3 is 0 Å². The second-order valence-electron chi connectivity index (χ2n) is 8.47. The zero-order chi connectivity index (χ0) is 18.6. The van der Waals surface area contributed by atoms with Gasteiger partial charge in [-0.2, -0.15) is 0 Å². The smallest absolute Gasteiger partial charge is 0.230 e. The van der Waals surface area contributed by atoms with Crippen molar-refractivity contribution in [3.05, 3.63) is 35.9 Å². The summed E-state index contributed by atoms with van der Waals surface area (Å²) in [4.78, 5) is 17.9. The van der Waals surface area contributed by atoms with Crippen LogP contribution in [0.2, 0.25) is 0 Å². The van der Waals surface area contributed by atoms with Crippen LogP contribution in [0, 0.1) is 10.8 Å². The maximum atomic E-state index is 13.2. The van der Waals surface area contributed by atoms with Gasteiger partial charge in [0.05, 0.1) is 5.41 Å². The van der Waals surface area contributed by atoms with Crippen LogP contribution in [-0.4, -0.2) is 48.4 Å². The average molecular weight is 430 g/mol. The Balaban J connectivity index is 0.00000196. The highest BCUT2D eigenvalue weighted by Gasteiger charge is 2.46. The Morgan fingerprint density at radius 3 is 2.36 bits per heavy atom. The first-order valence-corrected chi connectivity index (χ1v) is 10.3. The van der Waals surface area contributed by atoms with Crippen LogP contribution in [0.25, 0.3) is 0 Å². The Kier molecular flexibility index (Phi) is 9.75. The van der Waals surface area contributed by atoms with E-state index in [4.69, 9.17) is 5.73 Å². The minimum absolute atomic E-state index is 0. The molecule has 2 heterocycles. The monoisotopic (exact) mass is 429 g/mol. The van der Waals surface area contributed by atoms with Gasteiger partial charge in [-0.1, -0.05) is 44.2 Å². The molecule has 1 atom stereocenters. The molecule has 1 aromatic rings. The predicted octanol–water partition coefficient (Wildman–Crippen LogP) is 4.11. The first-order chi connectivity index (χ1) is 12.6. The molecule has 2 fully saturated rings. The molecule has 6 heteroatoms. The van der Waals surface area contributed by atoms with E-state index in [0.29, 0.717) is 12.5 Å². The zero-order valence-corrected chi connectivity index (χ0v) is 19.0. The fourth-order valence-electron chi connectivity index (χ4n) is 4.99. The summed E-state index contributed by atoms with van der Waals surface area (Å²) < 4.78 is 0. The van der Waals surface area contributed by atoms with Gasteiger partial charge < -0.3 is 10.6 Å². The molecular formula is C22H37Cl2N3O. The molecule has 3 rings (SSSR count). The van der Waals surface area contributed by atoms with Crippen molar-refractivity contribution in [1.29, 1.82) is 0 Å². The van der Waals surface area contributed by atoms with E-state index in [2.05, 4.69) is 54.0 Å². The predicted molar refractivity (Wildman–Crippen MR) is 121 cm³/mol. The van der Waals surface area contributed by atoms with Crippen LogP contribution in [-0.2, 0) is 11.3 Å². The first-order valence-electron chi connectivity index (χ1n) is 10.3. The van der Waals surface area contributed by atoms with Gasteiger partial charge in [-0.25, -0.2) is 0 Å². The quantitative estimate of drug-likeness (QED) is 0.739. The Labute approximate surface area is 183 Å². The summed E-state index contributed by atoms with van der Waals surface area (Å²) in [6.07, 6.45) is 5.29. The molecule has 1 amide bonds. The lowest BCUT2D eigenvalue weighted by Gasteiger charge is -2.41. The van der Waals surface area contributed by atoms with Gasteiger partial charge in [0.15, 0.2) is 0 Å².